The van der Waals surface area contributed by atoms with Gasteiger partial charge in [0, 0.05) is 8.80 Å². The topological polar surface area (TPSA) is 0 Å². The van der Waals surface area contributed by atoms with E-state index in [4.69, 9.17) is 0 Å². The van der Waals surface area contributed by atoms with E-state index in [1.54, 1.807) is 16.7 Å². The summed E-state index contributed by atoms with van der Waals surface area (Å²) in [7, 11) is -0.789. The fraction of sp³-hybridized carbons (Fsp3) is 0.471. The van der Waals surface area contributed by atoms with Gasteiger partial charge in [-0.3, -0.25) is 0 Å². The molecule has 22 heavy (non-hydrogen) atoms. The molecule has 0 saturated heterocycles. The molecule has 0 amide bonds. The first-order valence-corrected chi connectivity index (χ1v) is 9.90. The molecule has 0 aromatic carbocycles. The van der Waals surface area contributed by atoms with E-state index in [1.807, 2.05) is 0 Å². The fourth-order valence-electron chi connectivity index (χ4n) is 3.35. The SMILES string of the molecule is CC1=CC(C)=C([C-](C2=C(C)C=C(C)C2)[SiH](C)C)C1.[Cl-].[Cl-].[Cl-].[Zr+4]. The van der Waals surface area contributed by atoms with Crippen LogP contribution in [0.15, 0.2) is 45.6 Å². The minimum absolute atomic E-state index is 0. The Labute approximate surface area is 175 Å². The van der Waals surface area contributed by atoms with Crippen molar-refractivity contribution in [2.75, 3.05) is 0 Å². The summed E-state index contributed by atoms with van der Waals surface area (Å²) in [5, 5.41) is 0. The molecule has 0 bridgehead atoms. The molecule has 0 spiro atoms. The fourth-order valence-corrected chi connectivity index (χ4v) is 5.40. The summed E-state index contributed by atoms with van der Waals surface area (Å²) in [5.41, 5.74) is 11.1. The quantitative estimate of drug-likeness (QED) is 0.301. The summed E-state index contributed by atoms with van der Waals surface area (Å²) in [6, 6.07) is 0. The van der Waals surface area contributed by atoms with Gasteiger partial charge in [-0.05, 0) is 26.7 Å². The van der Waals surface area contributed by atoms with Crippen molar-refractivity contribution in [3.8, 4) is 0 Å². The van der Waals surface area contributed by atoms with Crippen LogP contribution in [0.3, 0.4) is 0 Å². The summed E-state index contributed by atoms with van der Waals surface area (Å²) in [5.74, 6) is 0. The molecule has 0 nitrogen and oxygen atoms in total. The van der Waals surface area contributed by atoms with E-state index >= 15 is 0 Å². The van der Waals surface area contributed by atoms with E-state index in [2.05, 4.69) is 52.9 Å². The first-order chi connectivity index (χ1) is 8.40. The third-order valence-corrected chi connectivity index (χ3v) is 5.87. The van der Waals surface area contributed by atoms with Crippen molar-refractivity contribution in [3.05, 3.63) is 51.1 Å². The number of allylic oxidation sites excluding steroid dienone is 8. The molecule has 2 rings (SSSR count). The Bertz CT molecular complexity index is 460. The van der Waals surface area contributed by atoms with Gasteiger partial charge in [0.15, 0.2) is 0 Å². The first-order valence-electron chi connectivity index (χ1n) is 7.01. The first kappa shape index (κ1) is 27.6. The maximum absolute atomic E-state index is 2.47. The van der Waals surface area contributed by atoms with Gasteiger partial charge in [-0.25, -0.2) is 0 Å². The Kier molecular flexibility index (Phi) is 14.3. The van der Waals surface area contributed by atoms with Crippen LogP contribution in [0.4, 0.5) is 0 Å². The standard InChI is InChI=1S/C17H25Si.3ClH.Zr/c1-11-7-13(3)15(9-11)17(18(5)6)16-10-12(2)8-14(16)4;;;;/h7-8,18H,9-10H2,1-6H3;3*1H;/q-1;;;;+4/p-3. The van der Waals surface area contributed by atoms with Crippen molar-refractivity contribution in [2.45, 2.75) is 53.6 Å². The molecular formula is C17H25Cl3SiZr. The average molecular weight is 455 g/mol. The molecule has 122 valence electrons. The molecule has 0 aromatic rings. The molecule has 0 heterocycles. The second-order valence-corrected chi connectivity index (χ2v) is 9.11. The predicted octanol–water partition coefficient (Wildman–Crippen LogP) is -4.07. The largest absolute Gasteiger partial charge is 4.00 e. The zero-order valence-electron chi connectivity index (χ0n) is 14.3. The van der Waals surface area contributed by atoms with Gasteiger partial charge in [-0.1, -0.05) is 38.1 Å². The monoisotopic (exact) mass is 452 g/mol. The van der Waals surface area contributed by atoms with Gasteiger partial charge in [0.25, 0.3) is 0 Å². The van der Waals surface area contributed by atoms with Crippen LogP contribution < -0.4 is 37.2 Å². The zero-order valence-corrected chi connectivity index (χ0v) is 20.2. The molecule has 0 aromatic heterocycles. The van der Waals surface area contributed by atoms with Crippen LogP contribution in [0.2, 0.25) is 13.1 Å². The van der Waals surface area contributed by atoms with Gasteiger partial charge in [-0.2, -0.15) is 5.54 Å². The van der Waals surface area contributed by atoms with Gasteiger partial charge in [0.05, 0.1) is 0 Å². The molecule has 0 saturated carbocycles. The van der Waals surface area contributed by atoms with Crippen molar-refractivity contribution in [1.82, 2.24) is 0 Å². The summed E-state index contributed by atoms with van der Waals surface area (Å²) < 4.78 is 0. The zero-order chi connectivity index (χ0) is 13.4. The molecule has 0 aliphatic heterocycles. The van der Waals surface area contributed by atoms with Crippen molar-refractivity contribution >= 4 is 8.80 Å². The molecule has 2 aliphatic carbocycles. The van der Waals surface area contributed by atoms with Gasteiger partial charge >= 0.3 is 26.2 Å². The maximum Gasteiger partial charge on any atom is 4.00 e. The predicted molar refractivity (Wildman–Crippen MR) is 84.3 cm³/mol. The number of hydrogen-bond donors (Lipinski definition) is 0. The Hall–Kier alpha value is 0.800. The van der Waals surface area contributed by atoms with Gasteiger partial charge in [-0.15, -0.1) is 34.4 Å². The third kappa shape index (κ3) is 6.02. The van der Waals surface area contributed by atoms with Crippen molar-refractivity contribution in [3.63, 3.8) is 0 Å². The van der Waals surface area contributed by atoms with Crippen LogP contribution in [0.25, 0.3) is 0 Å². The van der Waals surface area contributed by atoms with Gasteiger partial charge in [0.2, 0.25) is 0 Å². The van der Waals surface area contributed by atoms with Crippen molar-refractivity contribution in [2.24, 2.45) is 0 Å². The van der Waals surface area contributed by atoms with Gasteiger partial charge in [0.1, 0.15) is 0 Å². The van der Waals surface area contributed by atoms with Crippen molar-refractivity contribution < 1.29 is 63.4 Å². The Balaban J connectivity index is -0.000000902. The number of hydrogen-bond acceptors (Lipinski definition) is 0. The summed E-state index contributed by atoms with van der Waals surface area (Å²) in [6.45, 7) is 14.0. The van der Waals surface area contributed by atoms with Crippen LogP contribution in [0.1, 0.15) is 40.5 Å². The molecular weight excluding hydrogens is 430 g/mol. The van der Waals surface area contributed by atoms with Crippen LogP contribution in [0.5, 0.6) is 0 Å². The molecule has 0 radical (unpaired) electrons. The van der Waals surface area contributed by atoms with E-state index in [0.717, 1.165) is 0 Å². The second kappa shape index (κ2) is 11.4. The second-order valence-electron chi connectivity index (χ2n) is 6.23. The summed E-state index contributed by atoms with van der Waals surface area (Å²) in [4.78, 5) is 0. The van der Waals surface area contributed by atoms with E-state index in [0.29, 0.717) is 0 Å². The number of halogens is 3. The summed E-state index contributed by atoms with van der Waals surface area (Å²) >= 11 is 0. The number of rotatable bonds is 3. The van der Waals surface area contributed by atoms with E-state index in [9.17, 15) is 0 Å². The van der Waals surface area contributed by atoms with Crippen LogP contribution in [-0.2, 0) is 26.2 Å². The Morgan fingerprint density at radius 1 is 0.773 bits per heavy atom. The van der Waals surface area contributed by atoms with Crippen LogP contribution in [0, 0.1) is 5.54 Å². The van der Waals surface area contributed by atoms with E-state index in [-0.39, 0.29) is 63.4 Å². The molecule has 0 unspecified atom stereocenters. The van der Waals surface area contributed by atoms with E-state index in [1.165, 1.54) is 35.1 Å². The van der Waals surface area contributed by atoms with Crippen LogP contribution >= 0.6 is 0 Å². The minimum atomic E-state index is -0.789. The Morgan fingerprint density at radius 3 is 1.27 bits per heavy atom. The van der Waals surface area contributed by atoms with Crippen LogP contribution in [-0.4, -0.2) is 8.80 Å². The molecule has 0 N–H and O–H groups in total. The Morgan fingerprint density at radius 2 is 1.09 bits per heavy atom. The minimum Gasteiger partial charge on any atom is -1.00 e. The molecule has 0 fully saturated rings. The molecule has 5 heteroatoms. The molecule has 0 atom stereocenters. The third-order valence-electron chi connectivity index (χ3n) is 4.02. The normalized spacial score (nSPS) is 16.3. The smallest absolute Gasteiger partial charge is 1.00 e. The maximum atomic E-state index is 2.47. The molecule has 2 aliphatic rings. The average Bonchev–Trinajstić information content (AvgIpc) is 2.71. The van der Waals surface area contributed by atoms with Gasteiger partial charge < -0.3 is 37.2 Å². The van der Waals surface area contributed by atoms with E-state index < -0.39 is 8.80 Å². The summed E-state index contributed by atoms with van der Waals surface area (Å²) in [6.07, 6.45) is 7.11. The van der Waals surface area contributed by atoms with Crippen molar-refractivity contribution in [1.29, 1.82) is 0 Å².